The van der Waals surface area contributed by atoms with E-state index >= 15 is 0 Å². The maximum Gasteiger partial charge on any atom is 0.169 e. The van der Waals surface area contributed by atoms with Crippen LogP contribution in [0.5, 0.6) is 0 Å². The molecule has 3 aliphatic heterocycles. The lowest BCUT2D eigenvalue weighted by Crippen LogP contribution is -3.19. The van der Waals surface area contributed by atoms with Crippen LogP contribution in [0.1, 0.15) is 38.5 Å². The van der Waals surface area contributed by atoms with Gasteiger partial charge in [0, 0.05) is 31.8 Å². The highest BCUT2D eigenvalue weighted by molar-refractivity contribution is 7.80. The van der Waals surface area contributed by atoms with E-state index in [1.807, 2.05) is 11.9 Å². The Bertz CT molecular complexity index is 461. The molecule has 3 nitrogen and oxygen atoms in total. The molecule has 0 radical (unpaired) electrons. The van der Waals surface area contributed by atoms with Crippen molar-refractivity contribution < 1.29 is 4.90 Å². The van der Waals surface area contributed by atoms with E-state index in [0.717, 1.165) is 29.5 Å². The summed E-state index contributed by atoms with van der Waals surface area (Å²) in [6.07, 6.45) is 11.0. The van der Waals surface area contributed by atoms with E-state index in [2.05, 4.69) is 16.3 Å². The van der Waals surface area contributed by atoms with E-state index in [0.29, 0.717) is 6.04 Å². The zero-order valence-corrected chi connectivity index (χ0v) is 13.9. The molecular formula is C17H28N3S+. The number of thiocarbonyl (C=S) groups is 1. The van der Waals surface area contributed by atoms with Crippen LogP contribution in [0.3, 0.4) is 0 Å². The molecule has 21 heavy (non-hydrogen) atoms. The molecule has 2 bridgehead atoms. The highest BCUT2D eigenvalue weighted by Gasteiger charge is 2.48. The minimum atomic E-state index is 0.602. The number of quaternary nitrogens is 1. The highest BCUT2D eigenvalue weighted by Crippen LogP contribution is 2.40. The summed E-state index contributed by atoms with van der Waals surface area (Å²) in [5.74, 6) is 1.68. The molecule has 0 amide bonds. The molecule has 3 saturated heterocycles. The number of piperidine rings is 3. The molecule has 4 aliphatic rings. The maximum absolute atomic E-state index is 5.59. The van der Waals surface area contributed by atoms with Gasteiger partial charge < -0.3 is 15.1 Å². The normalized spacial score (nSPS) is 41.7. The number of rotatable bonds is 0. The lowest BCUT2D eigenvalue weighted by Gasteiger charge is -2.53. The van der Waals surface area contributed by atoms with Crippen LogP contribution in [-0.4, -0.2) is 48.8 Å². The second kappa shape index (κ2) is 5.54. The molecule has 4 heteroatoms. The van der Waals surface area contributed by atoms with Crippen molar-refractivity contribution in [2.45, 2.75) is 50.6 Å². The first-order chi connectivity index (χ1) is 10.3. The van der Waals surface area contributed by atoms with Gasteiger partial charge in [0.25, 0.3) is 0 Å². The average Bonchev–Trinajstić information content (AvgIpc) is 2.53. The number of nitrogens with zero attached hydrogens (tertiary/aromatic N) is 1. The van der Waals surface area contributed by atoms with Crippen LogP contribution in [0.2, 0.25) is 0 Å². The molecule has 2 N–H and O–H groups in total. The quantitative estimate of drug-likeness (QED) is 0.514. The van der Waals surface area contributed by atoms with E-state index in [-0.39, 0.29) is 0 Å². The SMILES string of the molecule is CNC(=S)N1CCCC2=C[C@@H]3C[C@@H](C[NH+]4CCCC[C@H]34)[C@@H]21. The van der Waals surface area contributed by atoms with Gasteiger partial charge in [0.15, 0.2) is 5.11 Å². The summed E-state index contributed by atoms with van der Waals surface area (Å²) in [6, 6.07) is 1.53. The van der Waals surface area contributed by atoms with Crippen molar-refractivity contribution in [3.05, 3.63) is 11.6 Å². The molecule has 4 rings (SSSR count). The molecule has 3 heterocycles. The summed E-state index contributed by atoms with van der Waals surface area (Å²) in [5, 5.41) is 4.18. The number of hydrogen-bond donors (Lipinski definition) is 2. The fourth-order valence-electron chi connectivity index (χ4n) is 5.56. The molecule has 0 aromatic rings. The zero-order chi connectivity index (χ0) is 14.4. The maximum atomic E-state index is 5.59. The smallest absolute Gasteiger partial charge is 0.169 e. The Kier molecular flexibility index (Phi) is 3.70. The Morgan fingerprint density at radius 2 is 2.29 bits per heavy atom. The first kappa shape index (κ1) is 14.0. The van der Waals surface area contributed by atoms with E-state index in [9.17, 15) is 0 Å². The third-order valence-corrected chi connectivity index (χ3v) is 6.77. The molecule has 116 valence electrons. The van der Waals surface area contributed by atoms with Crippen LogP contribution >= 0.6 is 12.2 Å². The highest BCUT2D eigenvalue weighted by atomic mass is 32.1. The minimum absolute atomic E-state index is 0.602. The van der Waals surface area contributed by atoms with Crippen LogP contribution in [-0.2, 0) is 0 Å². The van der Waals surface area contributed by atoms with Gasteiger partial charge in [-0.1, -0.05) is 11.6 Å². The van der Waals surface area contributed by atoms with Crippen LogP contribution in [0.15, 0.2) is 11.6 Å². The Balaban J connectivity index is 1.64. The molecule has 0 spiro atoms. The van der Waals surface area contributed by atoms with Crippen molar-refractivity contribution >= 4 is 17.3 Å². The molecule has 1 unspecified atom stereocenters. The Morgan fingerprint density at radius 3 is 3.14 bits per heavy atom. The molecule has 5 atom stereocenters. The predicted octanol–water partition coefficient (Wildman–Crippen LogP) is 0.969. The first-order valence-corrected chi connectivity index (χ1v) is 9.22. The monoisotopic (exact) mass is 306 g/mol. The second-order valence-corrected chi connectivity index (χ2v) is 7.80. The van der Waals surface area contributed by atoms with E-state index in [1.54, 1.807) is 5.57 Å². The van der Waals surface area contributed by atoms with Gasteiger partial charge in [0.1, 0.15) is 0 Å². The Hall–Kier alpha value is -0.610. The molecular weight excluding hydrogens is 278 g/mol. The van der Waals surface area contributed by atoms with Crippen molar-refractivity contribution in [2.24, 2.45) is 11.8 Å². The summed E-state index contributed by atoms with van der Waals surface area (Å²) in [5.41, 5.74) is 1.71. The molecule has 0 aromatic carbocycles. The summed E-state index contributed by atoms with van der Waals surface area (Å²) in [7, 11) is 1.97. The van der Waals surface area contributed by atoms with Gasteiger partial charge in [-0.3, -0.25) is 0 Å². The minimum Gasteiger partial charge on any atom is -0.366 e. The van der Waals surface area contributed by atoms with Gasteiger partial charge in [0.2, 0.25) is 0 Å². The van der Waals surface area contributed by atoms with Gasteiger partial charge in [-0.15, -0.1) is 0 Å². The number of fused-ring (bicyclic) bond motifs is 6. The van der Waals surface area contributed by atoms with Gasteiger partial charge in [-0.2, -0.15) is 0 Å². The number of nitrogens with one attached hydrogen (secondary N) is 2. The van der Waals surface area contributed by atoms with Gasteiger partial charge in [-0.25, -0.2) is 0 Å². The first-order valence-electron chi connectivity index (χ1n) is 8.81. The molecule has 0 saturated carbocycles. The van der Waals surface area contributed by atoms with Crippen molar-refractivity contribution in [3.63, 3.8) is 0 Å². The van der Waals surface area contributed by atoms with E-state index in [4.69, 9.17) is 12.2 Å². The molecule has 0 aromatic heterocycles. The fraction of sp³-hybridized carbons (Fsp3) is 0.824. The second-order valence-electron chi connectivity index (χ2n) is 7.41. The molecule has 1 aliphatic carbocycles. The van der Waals surface area contributed by atoms with E-state index < -0.39 is 0 Å². The summed E-state index contributed by atoms with van der Waals surface area (Å²) in [4.78, 5) is 4.40. The third-order valence-electron chi connectivity index (χ3n) is 6.33. The third kappa shape index (κ3) is 2.31. The predicted molar refractivity (Wildman–Crippen MR) is 89.4 cm³/mol. The van der Waals surface area contributed by atoms with Crippen LogP contribution < -0.4 is 10.2 Å². The fourth-order valence-corrected chi connectivity index (χ4v) is 5.77. The van der Waals surface area contributed by atoms with Crippen LogP contribution in [0.4, 0.5) is 0 Å². The summed E-state index contributed by atoms with van der Waals surface area (Å²) >= 11 is 5.59. The van der Waals surface area contributed by atoms with Gasteiger partial charge >= 0.3 is 0 Å². The van der Waals surface area contributed by atoms with Crippen LogP contribution in [0, 0.1) is 11.8 Å². The van der Waals surface area contributed by atoms with Crippen molar-refractivity contribution in [2.75, 3.05) is 26.7 Å². The number of hydrogen-bond acceptors (Lipinski definition) is 1. The Morgan fingerprint density at radius 1 is 1.38 bits per heavy atom. The van der Waals surface area contributed by atoms with Crippen molar-refractivity contribution in [1.29, 1.82) is 0 Å². The standard InChI is InChI=1S/C17H27N3S/c1-18-17(21)20-8-4-5-12-9-13-10-14(16(12)20)11-19-7-3-2-6-15(13)19/h9,13-16H,2-8,10-11H2,1H3,(H,18,21)/p+1/t13-,14+,15-,16-/m1/s1. The van der Waals surface area contributed by atoms with Gasteiger partial charge in [-0.05, 0) is 44.3 Å². The summed E-state index contributed by atoms with van der Waals surface area (Å²) in [6.45, 7) is 3.93. The number of likely N-dealkylation sites (tertiary alicyclic amines) is 1. The Labute approximate surface area is 133 Å². The van der Waals surface area contributed by atoms with Crippen molar-refractivity contribution in [1.82, 2.24) is 10.2 Å². The topological polar surface area (TPSA) is 19.7 Å². The summed E-state index contributed by atoms with van der Waals surface area (Å²) < 4.78 is 0. The lowest BCUT2D eigenvalue weighted by molar-refractivity contribution is -0.943. The van der Waals surface area contributed by atoms with Crippen LogP contribution in [0.25, 0.3) is 0 Å². The van der Waals surface area contributed by atoms with Crippen molar-refractivity contribution in [3.8, 4) is 0 Å². The van der Waals surface area contributed by atoms with Gasteiger partial charge in [0.05, 0.1) is 25.2 Å². The van der Waals surface area contributed by atoms with E-state index in [1.165, 1.54) is 51.6 Å². The zero-order valence-electron chi connectivity index (χ0n) is 13.1. The molecule has 3 fully saturated rings. The average molecular weight is 306 g/mol. The largest absolute Gasteiger partial charge is 0.366 e. The lowest BCUT2D eigenvalue weighted by atomic mass is 9.68.